The number of hydrogen-bond acceptors (Lipinski definition) is 2. The van der Waals surface area contributed by atoms with Crippen LogP contribution in [0.15, 0.2) is 215 Å². The number of para-hydroxylation sites is 2. The molecule has 2 nitrogen and oxygen atoms in total. The van der Waals surface area contributed by atoms with Gasteiger partial charge in [-0.3, -0.25) is 0 Å². The van der Waals surface area contributed by atoms with Gasteiger partial charge in [0.2, 0.25) is 0 Å². The van der Waals surface area contributed by atoms with Gasteiger partial charge in [0.25, 0.3) is 0 Å². The summed E-state index contributed by atoms with van der Waals surface area (Å²) in [4.78, 5) is 0. The summed E-state index contributed by atoms with van der Waals surface area (Å²) in [5, 5.41) is 9.04. The van der Waals surface area contributed by atoms with E-state index < -0.39 is 0 Å². The van der Waals surface area contributed by atoms with Crippen LogP contribution in [-0.2, 0) is 0 Å². The van der Waals surface area contributed by atoms with Crippen LogP contribution < -0.4 is 0 Å². The molecule has 0 spiro atoms. The van der Waals surface area contributed by atoms with Gasteiger partial charge < -0.3 is 8.83 Å². The minimum absolute atomic E-state index is 0.830. The summed E-state index contributed by atoms with van der Waals surface area (Å²) in [5.41, 5.74) is 15.1. The Labute approximate surface area is 334 Å². The maximum absolute atomic E-state index is 6.79. The Bertz CT molecular complexity index is 3550. The molecule has 0 aliphatic rings. The van der Waals surface area contributed by atoms with E-state index in [0.717, 1.165) is 55.0 Å². The summed E-state index contributed by atoms with van der Waals surface area (Å²) < 4.78 is 13.4. The topological polar surface area (TPSA) is 26.3 Å². The zero-order chi connectivity index (χ0) is 38.2. The summed E-state index contributed by atoms with van der Waals surface area (Å²) >= 11 is 0. The molecular formula is C56H34O2. The van der Waals surface area contributed by atoms with Crippen molar-refractivity contribution in [2.45, 2.75) is 0 Å². The van der Waals surface area contributed by atoms with Crippen molar-refractivity contribution in [2.75, 3.05) is 0 Å². The van der Waals surface area contributed by atoms with Crippen LogP contribution in [0.2, 0.25) is 0 Å². The average Bonchev–Trinajstić information content (AvgIpc) is 3.87. The molecule has 0 unspecified atom stereocenters. The third-order valence-electron chi connectivity index (χ3n) is 11.8. The molecule has 0 atom stereocenters. The molecular weight excluding hydrogens is 705 g/mol. The first-order valence-corrected chi connectivity index (χ1v) is 19.8. The van der Waals surface area contributed by atoms with Crippen LogP contribution in [0, 0.1) is 0 Å². The quantitative estimate of drug-likeness (QED) is 0.164. The van der Waals surface area contributed by atoms with E-state index in [2.05, 4.69) is 188 Å². The summed E-state index contributed by atoms with van der Waals surface area (Å²) in [5.74, 6) is 0. The molecule has 0 N–H and O–H groups in total. The minimum Gasteiger partial charge on any atom is -0.455 e. The van der Waals surface area contributed by atoms with Gasteiger partial charge in [-0.1, -0.05) is 170 Å². The van der Waals surface area contributed by atoms with Crippen LogP contribution in [0.3, 0.4) is 0 Å². The summed E-state index contributed by atoms with van der Waals surface area (Å²) in [6.07, 6.45) is 0. The molecule has 2 heterocycles. The van der Waals surface area contributed by atoms with Gasteiger partial charge in [0.15, 0.2) is 0 Å². The van der Waals surface area contributed by atoms with Gasteiger partial charge in [-0.2, -0.15) is 0 Å². The van der Waals surface area contributed by atoms with E-state index in [1.165, 1.54) is 66.1 Å². The van der Waals surface area contributed by atoms with Gasteiger partial charge >= 0.3 is 0 Å². The Kier molecular flexibility index (Phi) is 7.26. The molecule has 0 fully saturated rings. The van der Waals surface area contributed by atoms with E-state index in [1.807, 2.05) is 18.2 Å². The zero-order valence-electron chi connectivity index (χ0n) is 31.4. The van der Waals surface area contributed by atoms with Crippen molar-refractivity contribution < 1.29 is 8.83 Å². The number of hydrogen-bond donors (Lipinski definition) is 0. The molecule has 0 saturated carbocycles. The van der Waals surface area contributed by atoms with Crippen molar-refractivity contribution in [1.82, 2.24) is 0 Å². The maximum atomic E-state index is 6.79. The molecule has 0 bridgehead atoms. The molecule has 10 aromatic carbocycles. The van der Waals surface area contributed by atoms with Gasteiger partial charge in [0.05, 0.1) is 5.39 Å². The second kappa shape index (κ2) is 12.9. The third-order valence-corrected chi connectivity index (χ3v) is 11.8. The highest BCUT2D eigenvalue weighted by Crippen LogP contribution is 2.48. The summed E-state index contributed by atoms with van der Waals surface area (Å²) in [7, 11) is 0. The van der Waals surface area contributed by atoms with E-state index in [4.69, 9.17) is 8.83 Å². The zero-order valence-corrected chi connectivity index (χ0v) is 31.4. The molecule has 0 radical (unpaired) electrons. The van der Waals surface area contributed by atoms with E-state index in [9.17, 15) is 0 Å². The standard InChI is InChI=1S/C56H34O2/c1-3-15-35(16-4-1)37-19-13-21-40(31-37)52-43-24-7-8-25-44(43)53(41-22-14-20-38(32-41)36-17-5-2-6-18-36)48-33-39(29-30-45(48)52)47-34-49-42-23-9-11-27-50(42)57-56(49)54-46-26-10-12-28-51(46)58-55(47)54/h1-34H. The smallest absolute Gasteiger partial charge is 0.147 e. The maximum Gasteiger partial charge on any atom is 0.147 e. The molecule has 0 aliphatic carbocycles. The van der Waals surface area contributed by atoms with Gasteiger partial charge in [-0.15, -0.1) is 0 Å². The highest BCUT2D eigenvalue weighted by Gasteiger charge is 2.23. The first-order valence-electron chi connectivity index (χ1n) is 19.8. The predicted octanol–water partition coefficient (Wildman–Crippen LogP) is 16.1. The Morgan fingerprint density at radius 1 is 0.241 bits per heavy atom. The molecule has 270 valence electrons. The second-order valence-corrected chi connectivity index (χ2v) is 15.2. The lowest BCUT2D eigenvalue weighted by Gasteiger charge is -2.19. The molecule has 2 heteroatoms. The normalized spacial score (nSPS) is 11.8. The second-order valence-electron chi connectivity index (χ2n) is 15.2. The number of furan rings is 2. The minimum atomic E-state index is 0.830. The Morgan fingerprint density at radius 3 is 1.34 bits per heavy atom. The van der Waals surface area contributed by atoms with Crippen molar-refractivity contribution in [3.8, 4) is 55.6 Å². The van der Waals surface area contributed by atoms with Gasteiger partial charge in [-0.25, -0.2) is 0 Å². The van der Waals surface area contributed by atoms with E-state index in [-0.39, 0.29) is 0 Å². The van der Waals surface area contributed by atoms with Crippen LogP contribution in [-0.4, -0.2) is 0 Å². The van der Waals surface area contributed by atoms with Gasteiger partial charge in [0.1, 0.15) is 22.3 Å². The van der Waals surface area contributed by atoms with Crippen LogP contribution in [0.1, 0.15) is 0 Å². The van der Waals surface area contributed by atoms with Crippen molar-refractivity contribution >= 4 is 65.4 Å². The van der Waals surface area contributed by atoms with E-state index in [1.54, 1.807) is 0 Å². The van der Waals surface area contributed by atoms with Crippen LogP contribution in [0.25, 0.3) is 121 Å². The highest BCUT2D eigenvalue weighted by atomic mass is 16.3. The molecule has 0 aliphatic heterocycles. The van der Waals surface area contributed by atoms with Crippen LogP contribution in [0.4, 0.5) is 0 Å². The van der Waals surface area contributed by atoms with Crippen molar-refractivity contribution in [3.05, 3.63) is 206 Å². The lowest BCUT2D eigenvalue weighted by atomic mass is 9.83. The molecule has 2 aromatic heterocycles. The SMILES string of the molecule is c1ccc(-c2cccc(-c3c4ccccc4c(-c4cccc(-c5ccccc5)c4)c4cc(-c5cc6c7ccccc7oc6c6c5oc5ccccc56)ccc34)c2)cc1. The molecule has 12 aromatic rings. The van der Waals surface area contributed by atoms with Gasteiger partial charge in [-0.05, 0) is 108 Å². The fourth-order valence-corrected chi connectivity index (χ4v) is 9.22. The molecule has 0 amide bonds. The Hall–Kier alpha value is -7.68. The molecule has 12 rings (SSSR count). The van der Waals surface area contributed by atoms with E-state index in [0.29, 0.717) is 0 Å². The van der Waals surface area contributed by atoms with Crippen molar-refractivity contribution in [1.29, 1.82) is 0 Å². The number of benzene rings is 10. The first-order chi connectivity index (χ1) is 28.8. The van der Waals surface area contributed by atoms with Crippen LogP contribution in [0.5, 0.6) is 0 Å². The van der Waals surface area contributed by atoms with E-state index >= 15 is 0 Å². The molecule has 58 heavy (non-hydrogen) atoms. The molecule has 0 saturated heterocycles. The Morgan fingerprint density at radius 2 is 0.707 bits per heavy atom. The lowest BCUT2D eigenvalue weighted by Crippen LogP contribution is -1.93. The lowest BCUT2D eigenvalue weighted by molar-refractivity contribution is 0.663. The number of fused-ring (bicyclic) bond motifs is 9. The summed E-state index contributed by atoms with van der Waals surface area (Å²) in [6, 6.07) is 74.1. The third kappa shape index (κ3) is 5.05. The Balaban J connectivity index is 1.20. The highest BCUT2D eigenvalue weighted by molar-refractivity contribution is 6.26. The predicted molar refractivity (Wildman–Crippen MR) is 243 cm³/mol. The van der Waals surface area contributed by atoms with Crippen molar-refractivity contribution in [2.24, 2.45) is 0 Å². The number of rotatable bonds is 5. The van der Waals surface area contributed by atoms with Crippen molar-refractivity contribution in [3.63, 3.8) is 0 Å². The largest absolute Gasteiger partial charge is 0.455 e. The first kappa shape index (κ1) is 32.6. The fourth-order valence-electron chi connectivity index (χ4n) is 9.22. The summed E-state index contributed by atoms with van der Waals surface area (Å²) in [6.45, 7) is 0. The monoisotopic (exact) mass is 738 g/mol. The van der Waals surface area contributed by atoms with Crippen LogP contribution >= 0.6 is 0 Å². The average molecular weight is 739 g/mol. The van der Waals surface area contributed by atoms with Gasteiger partial charge in [0, 0.05) is 21.7 Å². The fraction of sp³-hybridized carbons (Fsp3) is 0.